The van der Waals surface area contributed by atoms with Crippen molar-refractivity contribution in [2.24, 2.45) is 0 Å². The number of anilines is 2. The van der Waals surface area contributed by atoms with Gasteiger partial charge in [-0.25, -0.2) is 4.39 Å². The third-order valence-corrected chi connectivity index (χ3v) is 4.17. The SMILES string of the molecule is Cc1ccc(C)c(NC(=O)c2ccc(C(=O)Nc3ccccc3F)cc2)c1. The summed E-state index contributed by atoms with van der Waals surface area (Å²) >= 11 is 0. The topological polar surface area (TPSA) is 58.2 Å². The van der Waals surface area contributed by atoms with Crippen LogP contribution in [0, 0.1) is 19.7 Å². The maximum absolute atomic E-state index is 13.6. The average molecular weight is 362 g/mol. The fourth-order valence-corrected chi connectivity index (χ4v) is 2.60. The minimum absolute atomic E-state index is 0.110. The van der Waals surface area contributed by atoms with Crippen molar-refractivity contribution in [3.63, 3.8) is 0 Å². The molecular weight excluding hydrogens is 343 g/mol. The largest absolute Gasteiger partial charge is 0.322 e. The third kappa shape index (κ3) is 4.39. The van der Waals surface area contributed by atoms with E-state index < -0.39 is 11.7 Å². The molecule has 0 spiro atoms. The van der Waals surface area contributed by atoms with Crippen LogP contribution < -0.4 is 10.6 Å². The minimum atomic E-state index is -0.504. The van der Waals surface area contributed by atoms with E-state index in [-0.39, 0.29) is 11.6 Å². The first-order chi connectivity index (χ1) is 12.9. The van der Waals surface area contributed by atoms with E-state index in [4.69, 9.17) is 0 Å². The lowest BCUT2D eigenvalue weighted by molar-refractivity contribution is 0.101. The van der Waals surface area contributed by atoms with Crippen molar-refractivity contribution < 1.29 is 14.0 Å². The fourth-order valence-electron chi connectivity index (χ4n) is 2.60. The number of halogens is 1. The van der Waals surface area contributed by atoms with Crippen LogP contribution in [0.25, 0.3) is 0 Å². The molecule has 3 aromatic carbocycles. The molecule has 0 saturated heterocycles. The Bertz CT molecular complexity index is 997. The number of carbonyl (C=O) groups excluding carboxylic acids is 2. The van der Waals surface area contributed by atoms with Crippen molar-refractivity contribution in [3.05, 3.63) is 94.8 Å². The molecule has 0 radical (unpaired) electrons. The van der Waals surface area contributed by atoms with E-state index in [0.29, 0.717) is 11.1 Å². The molecule has 0 aromatic heterocycles. The Balaban J connectivity index is 1.71. The maximum atomic E-state index is 13.6. The highest BCUT2D eigenvalue weighted by Crippen LogP contribution is 2.18. The molecule has 0 unspecified atom stereocenters. The van der Waals surface area contributed by atoms with Gasteiger partial charge in [-0.2, -0.15) is 0 Å². The number of hydrogen-bond acceptors (Lipinski definition) is 2. The van der Waals surface area contributed by atoms with Crippen molar-refractivity contribution in [2.45, 2.75) is 13.8 Å². The van der Waals surface area contributed by atoms with Crippen LogP contribution in [-0.4, -0.2) is 11.8 Å². The van der Waals surface area contributed by atoms with Crippen LogP contribution >= 0.6 is 0 Å². The standard InChI is InChI=1S/C22H19FN2O2/c1-14-7-8-15(2)20(13-14)25-22(27)17-11-9-16(10-12-17)21(26)24-19-6-4-3-5-18(19)23/h3-13H,1-2H3,(H,24,26)(H,25,27). The van der Waals surface area contributed by atoms with Crippen molar-refractivity contribution in [1.29, 1.82) is 0 Å². The van der Waals surface area contributed by atoms with Crippen LogP contribution in [0.1, 0.15) is 31.8 Å². The maximum Gasteiger partial charge on any atom is 0.255 e. The summed E-state index contributed by atoms with van der Waals surface area (Å²) < 4.78 is 13.6. The molecule has 3 aromatic rings. The van der Waals surface area contributed by atoms with Gasteiger partial charge in [-0.1, -0.05) is 24.3 Å². The highest BCUT2D eigenvalue weighted by molar-refractivity contribution is 6.07. The smallest absolute Gasteiger partial charge is 0.255 e. The Labute approximate surface area is 157 Å². The molecule has 0 aliphatic heterocycles. The number of benzene rings is 3. The van der Waals surface area contributed by atoms with Gasteiger partial charge in [0.15, 0.2) is 0 Å². The lowest BCUT2D eigenvalue weighted by Crippen LogP contribution is -2.15. The molecule has 0 saturated carbocycles. The summed E-state index contributed by atoms with van der Waals surface area (Å²) in [5, 5.41) is 5.39. The van der Waals surface area contributed by atoms with Crippen molar-refractivity contribution in [2.75, 3.05) is 10.6 Å². The van der Waals surface area contributed by atoms with Gasteiger partial charge in [-0.3, -0.25) is 9.59 Å². The Morgan fingerprint density at radius 3 is 1.89 bits per heavy atom. The van der Waals surface area contributed by atoms with Gasteiger partial charge in [0.25, 0.3) is 11.8 Å². The van der Waals surface area contributed by atoms with E-state index in [9.17, 15) is 14.0 Å². The van der Waals surface area contributed by atoms with Crippen LogP contribution in [0.3, 0.4) is 0 Å². The molecule has 0 bridgehead atoms. The molecule has 4 nitrogen and oxygen atoms in total. The van der Waals surface area contributed by atoms with E-state index in [2.05, 4.69) is 10.6 Å². The van der Waals surface area contributed by atoms with Gasteiger partial charge in [-0.15, -0.1) is 0 Å². The van der Waals surface area contributed by atoms with Gasteiger partial charge in [0, 0.05) is 16.8 Å². The molecular formula is C22H19FN2O2. The van der Waals surface area contributed by atoms with E-state index >= 15 is 0 Å². The molecule has 2 amide bonds. The molecule has 27 heavy (non-hydrogen) atoms. The Morgan fingerprint density at radius 1 is 0.741 bits per heavy atom. The number of amides is 2. The first-order valence-electron chi connectivity index (χ1n) is 8.48. The van der Waals surface area contributed by atoms with Crippen LogP contribution in [0.4, 0.5) is 15.8 Å². The Morgan fingerprint density at radius 2 is 1.30 bits per heavy atom. The van der Waals surface area contributed by atoms with Gasteiger partial charge in [-0.05, 0) is 67.4 Å². The number of hydrogen-bond donors (Lipinski definition) is 2. The zero-order valence-corrected chi connectivity index (χ0v) is 15.0. The summed E-state index contributed by atoms with van der Waals surface area (Å²) in [6.07, 6.45) is 0. The summed E-state index contributed by atoms with van der Waals surface area (Å²) in [6, 6.07) is 18.0. The fraction of sp³-hybridized carbons (Fsp3) is 0.0909. The molecule has 0 atom stereocenters. The van der Waals surface area contributed by atoms with Crippen LogP contribution in [0.2, 0.25) is 0 Å². The number of para-hydroxylation sites is 1. The van der Waals surface area contributed by atoms with E-state index in [0.717, 1.165) is 16.8 Å². The monoisotopic (exact) mass is 362 g/mol. The zero-order valence-electron chi connectivity index (χ0n) is 15.0. The molecule has 0 aliphatic carbocycles. The first-order valence-corrected chi connectivity index (χ1v) is 8.48. The normalized spacial score (nSPS) is 10.3. The summed E-state index contributed by atoms with van der Waals surface area (Å²) in [4.78, 5) is 24.7. The predicted octanol–water partition coefficient (Wildman–Crippen LogP) is 4.95. The first kappa shape index (κ1) is 18.3. The number of nitrogens with one attached hydrogen (secondary N) is 2. The molecule has 3 rings (SSSR count). The number of carbonyl (C=O) groups is 2. The second-order valence-electron chi connectivity index (χ2n) is 6.28. The Hall–Kier alpha value is -3.47. The van der Waals surface area contributed by atoms with E-state index in [1.165, 1.54) is 24.3 Å². The van der Waals surface area contributed by atoms with Gasteiger partial charge >= 0.3 is 0 Å². The third-order valence-electron chi connectivity index (χ3n) is 4.17. The molecule has 0 aliphatic rings. The lowest BCUT2D eigenvalue weighted by Gasteiger charge is -2.10. The van der Waals surface area contributed by atoms with Gasteiger partial charge in [0.1, 0.15) is 5.82 Å². The van der Waals surface area contributed by atoms with E-state index in [1.807, 2.05) is 32.0 Å². The quantitative estimate of drug-likeness (QED) is 0.690. The highest BCUT2D eigenvalue weighted by Gasteiger charge is 2.12. The van der Waals surface area contributed by atoms with Gasteiger partial charge < -0.3 is 10.6 Å². The van der Waals surface area contributed by atoms with Crippen molar-refractivity contribution in [1.82, 2.24) is 0 Å². The number of rotatable bonds is 4. The summed E-state index contributed by atoms with van der Waals surface area (Å²) in [5.74, 6) is -1.21. The summed E-state index contributed by atoms with van der Waals surface area (Å²) in [5.41, 5.74) is 3.64. The van der Waals surface area contributed by atoms with E-state index in [1.54, 1.807) is 24.3 Å². The second kappa shape index (κ2) is 7.83. The molecule has 0 heterocycles. The summed E-state index contributed by atoms with van der Waals surface area (Å²) in [6.45, 7) is 3.88. The average Bonchev–Trinajstić information content (AvgIpc) is 2.66. The van der Waals surface area contributed by atoms with Crippen LogP contribution in [-0.2, 0) is 0 Å². The Kier molecular flexibility index (Phi) is 5.31. The van der Waals surface area contributed by atoms with Crippen molar-refractivity contribution >= 4 is 23.2 Å². The molecule has 0 fully saturated rings. The molecule has 2 N–H and O–H groups in total. The van der Waals surface area contributed by atoms with Crippen LogP contribution in [0.5, 0.6) is 0 Å². The van der Waals surface area contributed by atoms with Crippen molar-refractivity contribution in [3.8, 4) is 0 Å². The van der Waals surface area contributed by atoms with Crippen LogP contribution in [0.15, 0.2) is 66.7 Å². The summed E-state index contributed by atoms with van der Waals surface area (Å²) in [7, 11) is 0. The highest BCUT2D eigenvalue weighted by atomic mass is 19.1. The molecule has 136 valence electrons. The van der Waals surface area contributed by atoms with Gasteiger partial charge in [0.2, 0.25) is 0 Å². The zero-order chi connectivity index (χ0) is 19.4. The lowest BCUT2D eigenvalue weighted by atomic mass is 10.1. The molecule has 5 heteroatoms. The second-order valence-corrected chi connectivity index (χ2v) is 6.28. The number of aryl methyl sites for hydroxylation is 2. The predicted molar refractivity (Wildman–Crippen MR) is 105 cm³/mol. The van der Waals surface area contributed by atoms with Gasteiger partial charge in [0.05, 0.1) is 5.69 Å². The minimum Gasteiger partial charge on any atom is -0.322 e.